The summed E-state index contributed by atoms with van der Waals surface area (Å²) in [5, 5.41) is 0. The van der Waals surface area contributed by atoms with Gasteiger partial charge in [-0.05, 0) is 36.2 Å². The van der Waals surface area contributed by atoms with E-state index >= 15 is 0 Å². The van der Waals surface area contributed by atoms with Gasteiger partial charge in [0.2, 0.25) is 0 Å². The standard InChI is InChI=1S/C16H38NO3PS/c1-5-9-11-15(7-3)13-22(21(18,19)20-17)14-16(8-4)12-10-6-2/h15-16,18-19H,5-14,17H2,1-4H3. The van der Waals surface area contributed by atoms with E-state index in [-0.39, 0.29) is 0 Å². The fourth-order valence-electron chi connectivity index (χ4n) is 2.66. The zero-order valence-electron chi connectivity index (χ0n) is 15.0. The third kappa shape index (κ3) is 9.05. The second-order valence-electron chi connectivity index (χ2n) is 6.22. The van der Waals surface area contributed by atoms with Gasteiger partial charge in [-0.1, -0.05) is 66.2 Å². The highest BCUT2D eigenvalue weighted by atomic mass is 32.5. The molecule has 0 radical (unpaired) electrons. The summed E-state index contributed by atoms with van der Waals surface area (Å²) in [6.45, 7) is 5.35. The second-order valence-corrected chi connectivity index (χ2v) is 12.0. The number of rotatable bonds is 13. The summed E-state index contributed by atoms with van der Waals surface area (Å²) in [5.41, 5.74) is 0. The van der Waals surface area contributed by atoms with E-state index in [0.717, 1.165) is 37.2 Å². The Balaban J connectivity index is 5.02. The van der Waals surface area contributed by atoms with E-state index in [0.29, 0.717) is 11.8 Å². The van der Waals surface area contributed by atoms with Gasteiger partial charge in [0.25, 0.3) is 6.72 Å². The summed E-state index contributed by atoms with van der Waals surface area (Å²) in [4.78, 5) is 20.5. The van der Waals surface area contributed by atoms with Crippen LogP contribution in [-0.4, -0.2) is 21.3 Å². The molecular weight excluding hydrogens is 317 g/mol. The molecule has 2 atom stereocenters. The Bertz CT molecular complexity index is 313. The first-order chi connectivity index (χ1) is 10.4. The van der Waals surface area contributed by atoms with E-state index in [1.807, 2.05) is 0 Å². The maximum atomic E-state index is 10.3. The Morgan fingerprint density at radius 2 is 1.32 bits per heavy atom. The minimum absolute atomic E-state index is 0.527. The van der Waals surface area contributed by atoms with Crippen LogP contribution in [-0.2, 0) is 14.7 Å². The van der Waals surface area contributed by atoms with Gasteiger partial charge in [-0.3, -0.25) is 0 Å². The van der Waals surface area contributed by atoms with Gasteiger partial charge in [-0.25, -0.2) is 10.5 Å². The number of hydrogen-bond donors (Lipinski definition) is 3. The highest BCUT2D eigenvalue weighted by molar-refractivity contribution is 8.27. The van der Waals surface area contributed by atoms with Gasteiger partial charge in [-0.15, -0.1) is 10.1 Å². The third-order valence-electron chi connectivity index (χ3n) is 4.42. The van der Waals surface area contributed by atoms with Crippen molar-refractivity contribution in [3.63, 3.8) is 0 Å². The maximum absolute atomic E-state index is 10.3. The highest BCUT2D eigenvalue weighted by Gasteiger charge is 2.22. The summed E-state index contributed by atoms with van der Waals surface area (Å²) in [5.74, 6) is 7.97. The summed E-state index contributed by atoms with van der Waals surface area (Å²) in [7, 11) is -0.527. The van der Waals surface area contributed by atoms with E-state index in [1.165, 1.54) is 25.7 Å². The van der Waals surface area contributed by atoms with Crippen LogP contribution in [0, 0.1) is 11.8 Å². The molecule has 6 heteroatoms. The molecule has 0 saturated heterocycles. The minimum Gasteiger partial charge on any atom is -0.327 e. The van der Waals surface area contributed by atoms with E-state index in [1.54, 1.807) is 0 Å². The molecule has 22 heavy (non-hydrogen) atoms. The van der Waals surface area contributed by atoms with Crippen molar-refractivity contribution < 1.29 is 14.4 Å². The van der Waals surface area contributed by atoms with Gasteiger partial charge in [0.15, 0.2) is 0 Å². The smallest absolute Gasteiger partial charge is 0.296 e. The van der Waals surface area contributed by atoms with E-state index in [4.69, 9.17) is 5.90 Å². The SMILES string of the molecule is CCCCC(CC)CS(CC(CC)CCCC)=P(O)(O)ON. The van der Waals surface area contributed by atoms with Crippen molar-refractivity contribution >= 4 is 16.8 Å². The number of unbranched alkanes of at least 4 members (excludes halogenated alkanes) is 2. The second kappa shape index (κ2) is 13.0. The lowest BCUT2D eigenvalue weighted by molar-refractivity contribution is 0.259. The topological polar surface area (TPSA) is 75.7 Å². The van der Waals surface area contributed by atoms with Crippen LogP contribution < -0.4 is 5.90 Å². The summed E-state index contributed by atoms with van der Waals surface area (Å²) in [6, 6.07) is 0. The van der Waals surface area contributed by atoms with Crippen LogP contribution in [0.4, 0.5) is 0 Å². The maximum Gasteiger partial charge on any atom is 0.296 e. The Labute approximate surface area is 140 Å². The average Bonchev–Trinajstić information content (AvgIpc) is 2.53. The Morgan fingerprint density at radius 3 is 1.59 bits per heavy atom. The fourth-order valence-corrected chi connectivity index (χ4v) is 8.00. The molecule has 0 amide bonds. The van der Waals surface area contributed by atoms with Gasteiger partial charge >= 0.3 is 0 Å². The largest absolute Gasteiger partial charge is 0.327 e. The van der Waals surface area contributed by atoms with Crippen LogP contribution >= 0.6 is 6.72 Å². The van der Waals surface area contributed by atoms with Crippen molar-refractivity contribution in [1.29, 1.82) is 0 Å². The van der Waals surface area contributed by atoms with Crippen molar-refractivity contribution in [1.82, 2.24) is 0 Å². The zero-order valence-corrected chi connectivity index (χ0v) is 16.7. The molecule has 0 heterocycles. The lowest BCUT2D eigenvalue weighted by Gasteiger charge is -2.26. The summed E-state index contributed by atoms with van der Waals surface area (Å²) in [6.07, 6.45) is 9.26. The summed E-state index contributed by atoms with van der Waals surface area (Å²) < 4.78 is 4.63. The number of hydrogen-bond acceptors (Lipinski definition) is 2. The first kappa shape index (κ1) is 22.6. The Kier molecular flexibility index (Phi) is 13.3. The van der Waals surface area contributed by atoms with E-state index in [9.17, 15) is 9.79 Å². The molecule has 0 saturated carbocycles. The summed E-state index contributed by atoms with van der Waals surface area (Å²) >= 11 is 0. The molecule has 0 aromatic rings. The molecule has 0 rings (SSSR count). The van der Waals surface area contributed by atoms with Crippen molar-refractivity contribution in [2.45, 2.75) is 79.1 Å². The van der Waals surface area contributed by atoms with Gasteiger partial charge in [0, 0.05) is 0 Å². The first-order valence-electron chi connectivity index (χ1n) is 8.86. The van der Waals surface area contributed by atoms with Gasteiger partial charge in [0.05, 0.1) is 0 Å². The molecule has 0 aromatic carbocycles. The quantitative estimate of drug-likeness (QED) is 0.334. The average molecular weight is 356 g/mol. The molecule has 0 aliphatic rings. The molecular formula is C16H38NO3PS. The molecule has 0 fully saturated rings. The Morgan fingerprint density at radius 1 is 0.909 bits per heavy atom. The zero-order chi connectivity index (χ0) is 17.0. The van der Waals surface area contributed by atoms with Crippen molar-refractivity contribution in [3.05, 3.63) is 0 Å². The van der Waals surface area contributed by atoms with Crippen LogP contribution in [0.3, 0.4) is 0 Å². The molecule has 2 unspecified atom stereocenters. The lowest BCUT2D eigenvalue weighted by atomic mass is 10.0. The fraction of sp³-hybridized carbons (Fsp3) is 1.00. The lowest BCUT2D eigenvalue weighted by Crippen LogP contribution is -2.20. The van der Waals surface area contributed by atoms with Gasteiger partial charge in [-0.2, -0.15) is 0 Å². The van der Waals surface area contributed by atoms with Crippen molar-refractivity contribution in [2.24, 2.45) is 17.7 Å². The molecule has 0 spiro atoms. The third-order valence-corrected chi connectivity index (χ3v) is 10.2. The van der Waals surface area contributed by atoms with Gasteiger partial charge in [0.1, 0.15) is 0 Å². The van der Waals surface area contributed by atoms with Gasteiger partial charge < -0.3 is 9.79 Å². The minimum atomic E-state index is -3.43. The normalized spacial score (nSPS) is 16.5. The van der Waals surface area contributed by atoms with Crippen molar-refractivity contribution in [2.75, 3.05) is 11.5 Å². The van der Waals surface area contributed by atoms with Crippen LogP contribution in [0.1, 0.15) is 79.1 Å². The van der Waals surface area contributed by atoms with E-state index in [2.05, 4.69) is 32.3 Å². The van der Waals surface area contributed by atoms with E-state index < -0.39 is 16.8 Å². The molecule has 0 bridgehead atoms. The molecule has 136 valence electrons. The van der Waals surface area contributed by atoms with Crippen LogP contribution in [0.2, 0.25) is 0 Å². The number of nitrogens with two attached hydrogens (primary N) is 1. The molecule has 4 nitrogen and oxygen atoms in total. The molecule has 0 aliphatic heterocycles. The highest BCUT2D eigenvalue weighted by Crippen LogP contribution is 2.43. The van der Waals surface area contributed by atoms with Crippen LogP contribution in [0.15, 0.2) is 0 Å². The predicted molar refractivity (Wildman–Crippen MR) is 100 cm³/mol. The first-order valence-corrected chi connectivity index (χ1v) is 12.6. The van der Waals surface area contributed by atoms with Crippen molar-refractivity contribution in [3.8, 4) is 0 Å². The van der Waals surface area contributed by atoms with Crippen LogP contribution in [0.25, 0.3) is 0 Å². The molecule has 4 N–H and O–H groups in total. The van der Waals surface area contributed by atoms with Crippen LogP contribution in [0.5, 0.6) is 0 Å². The molecule has 0 aliphatic carbocycles. The predicted octanol–water partition coefficient (Wildman–Crippen LogP) is 4.59. The monoisotopic (exact) mass is 355 g/mol. The Hall–Kier alpha value is 0.620. The molecule has 0 aromatic heterocycles.